The largest absolute Gasteiger partial charge is 0.393 e. The maximum atomic E-state index is 10.4. The normalized spacial score (nSPS) is 20.4. The van der Waals surface area contributed by atoms with Crippen LogP contribution in [0, 0.1) is 0 Å². The lowest BCUT2D eigenvalue weighted by molar-refractivity contribution is 0.137. The van der Waals surface area contributed by atoms with E-state index < -0.39 is 6.03 Å². The van der Waals surface area contributed by atoms with Crippen LogP contribution in [-0.4, -0.2) is 49.5 Å². The summed E-state index contributed by atoms with van der Waals surface area (Å²) < 4.78 is 0. The minimum absolute atomic E-state index is 0.0266. The van der Waals surface area contributed by atoms with Crippen LogP contribution in [0.15, 0.2) is 0 Å². The van der Waals surface area contributed by atoms with Gasteiger partial charge in [0.05, 0.1) is 6.10 Å². The third-order valence-electron chi connectivity index (χ3n) is 2.99. The molecule has 0 aromatic heterocycles. The fourth-order valence-corrected chi connectivity index (χ4v) is 1.97. The average Bonchev–Trinajstić information content (AvgIpc) is 2.43. The zero-order chi connectivity index (χ0) is 14.5. The number of nitrogens with two attached hydrogens (primary N) is 1. The number of hydrogen-bond acceptors (Lipinski definition) is 4. The molecule has 0 saturated carbocycles. The van der Waals surface area contributed by atoms with Gasteiger partial charge in [0.25, 0.3) is 0 Å². The van der Waals surface area contributed by atoms with Gasteiger partial charge in [-0.25, -0.2) is 4.79 Å². The molecule has 2 fully saturated rings. The Morgan fingerprint density at radius 1 is 1.05 bits per heavy atom. The quantitative estimate of drug-likeness (QED) is 0.470. The Kier molecular flexibility index (Phi) is 11.7. The van der Waals surface area contributed by atoms with Crippen molar-refractivity contribution in [3.8, 4) is 0 Å². The molecule has 0 spiro atoms. The Balaban J connectivity index is 0.000000316. The SMILES string of the molecule is CC.NC(=O)NC1CCNCC1.OC1CCNCC1. The van der Waals surface area contributed by atoms with Crippen molar-refractivity contribution < 1.29 is 9.90 Å². The highest BCUT2D eigenvalue weighted by Gasteiger charge is 2.12. The summed E-state index contributed by atoms with van der Waals surface area (Å²) in [5.41, 5.74) is 4.95. The monoisotopic (exact) mass is 274 g/mol. The molecule has 6 N–H and O–H groups in total. The predicted octanol–water partition coefficient (Wildman–Crippen LogP) is 0.164. The summed E-state index contributed by atoms with van der Waals surface area (Å²) >= 11 is 0. The van der Waals surface area contributed by atoms with E-state index >= 15 is 0 Å². The first-order valence-electron chi connectivity index (χ1n) is 7.34. The van der Waals surface area contributed by atoms with Crippen molar-refractivity contribution in [2.75, 3.05) is 26.2 Å². The Labute approximate surface area is 116 Å². The Morgan fingerprint density at radius 3 is 1.79 bits per heavy atom. The summed E-state index contributed by atoms with van der Waals surface area (Å²) in [5, 5.41) is 17.9. The van der Waals surface area contributed by atoms with E-state index in [4.69, 9.17) is 10.8 Å². The molecule has 0 radical (unpaired) electrons. The second kappa shape index (κ2) is 12.2. The lowest BCUT2D eigenvalue weighted by Crippen LogP contribution is -2.44. The number of rotatable bonds is 1. The second-order valence-electron chi connectivity index (χ2n) is 4.51. The van der Waals surface area contributed by atoms with E-state index in [1.165, 1.54) is 0 Å². The van der Waals surface area contributed by atoms with Gasteiger partial charge >= 0.3 is 6.03 Å². The molecular formula is C13H30N4O2. The van der Waals surface area contributed by atoms with Crippen molar-refractivity contribution in [2.45, 2.75) is 51.7 Å². The molecule has 0 unspecified atom stereocenters. The second-order valence-corrected chi connectivity index (χ2v) is 4.51. The maximum Gasteiger partial charge on any atom is 0.312 e. The molecule has 2 rings (SSSR count). The number of urea groups is 1. The molecule has 2 aliphatic heterocycles. The molecule has 0 aliphatic carbocycles. The lowest BCUT2D eigenvalue weighted by Gasteiger charge is -2.22. The number of piperidine rings is 2. The molecule has 0 atom stereocenters. The van der Waals surface area contributed by atoms with Crippen molar-refractivity contribution in [2.24, 2.45) is 5.73 Å². The molecule has 2 heterocycles. The molecule has 2 saturated heterocycles. The average molecular weight is 274 g/mol. The molecule has 0 bridgehead atoms. The summed E-state index contributed by atoms with van der Waals surface area (Å²) in [7, 11) is 0. The van der Waals surface area contributed by atoms with Crippen LogP contribution in [0.1, 0.15) is 39.5 Å². The summed E-state index contributed by atoms with van der Waals surface area (Å²) in [4.78, 5) is 10.4. The van der Waals surface area contributed by atoms with Crippen LogP contribution in [0.4, 0.5) is 4.79 Å². The van der Waals surface area contributed by atoms with Crippen molar-refractivity contribution in [3.63, 3.8) is 0 Å². The van der Waals surface area contributed by atoms with Crippen molar-refractivity contribution in [3.05, 3.63) is 0 Å². The molecule has 0 aromatic rings. The molecule has 6 heteroatoms. The minimum atomic E-state index is -0.410. The van der Waals surface area contributed by atoms with E-state index in [1.807, 2.05) is 13.8 Å². The van der Waals surface area contributed by atoms with Gasteiger partial charge in [-0.05, 0) is 51.9 Å². The van der Waals surface area contributed by atoms with Gasteiger partial charge in [-0.2, -0.15) is 0 Å². The van der Waals surface area contributed by atoms with Gasteiger partial charge in [-0.1, -0.05) is 13.8 Å². The summed E-state index contributed by atoms with van der Waals surface area (Å²) in [6, 6.07) is -0.120. The van der Waals surface area contributed by atoms with E-state index in [-0.39, 0.29) is 6.10 Å². The van der Waals surface area contributed by atoms with Gasteiger partial charge in [0.1, 0.15) is 0 Å². The summed E-state index contributed by atoms with van der Waals surface area (Å²) in [6.07, 6.45) is 3.81. The number of aliphatic hydroxyl groups excluding tert-OH is 1. The number of carbonyl (C=O) groups excluding carboxylic acids is 1. The van der Waals surface area contributed by atoms with Gasteiger partial charge in [0, 0.05) is 6.04 Å². The fourth-order valence-electron chi connectivity index (χ4n) is 1.97. The highest BCUT2D eigenvalue weighted by atomic mass is 16.3. The third-order valence-corrected chi connectivity index (χ3v) is 2.99. The van der Waals surface area contributed by atoms with Crippen LogP contribution in [0.25, 0.3) is 0 Å². The lowest BCUT2D eigenvalue weighted by atomic mass is 10.1. The number of primary amides is 1. The van der Waals surface area contributed by atoms with E-state index in [0.29, 0.717) is 6.04 Å². The van der Waals surface area contributed by atoms with Crippen molar-refractivity contribution in [1.82, 2.24) is 16.0 Å². The summed E-state index contributed by atoms with van der Waals surface area (Å²) in [6.45, 7) is 7.93. The van der Waals surface area contributed by atoms with Crippen LogP contribution in [0.2, 0.25) is 0 Å². The maximum absolute atomic E-state index is 10.4. The van der Waals surface area contributed by atoms with E-state index in [9.17, 15) is 4.79 Å². The molecule has 6 nitrogen and oxygen atoms in total. The van der Waals surface area contributed by atoms with Crippen molar-refractivity contribution >= 4 is 6.03 Å². The Bertz CT molecular complexity index is 215. The van der Waals surface area contributed by atoms with Gasteiger partial charge in [0.2, 0.25) is 0 Å². The molecule has 114 valence electrons. The van der Waals surface area contributed by atoms with Crippen LogP contribution in [0.5, 0.6) is 0 Å². The molecule has 2 aliphatic rings. The fraction of sp³-hybridized carbons (Fsp3) is 0.923. The smallest absolute Gasteiger partial charge is 0.312 e. The van der Waals surface area contributed by atoms with Gasteiger partial charge in [0.15, 0.2) is 0 Å². The van der Waals surface area contributed by atoms with Gasteiger partial charge in [-0.3, -0.25) is 0 Å². The Morgan fingerprint density at radius 2 is 1.47 bits per heavy atom. The minimum Gasteiger partial charge on any atom is -0.393 e. The van der Waals surface area contributed by atoms with Crippen LogP contribution >= 0.6 is 0 Å². The van der Waals surface area contributed by atoms with Gasteiger partial charge < -0.3 is 26.8 Å². The first kappa shape index (κ1) is 18.1. The first-order valence-corrected chi connectivity index (χ1v) is 7.34. The third kappa shape index (κ3) is 10.7. The molecule has 2 amide bonds. The first-order chi connectivity index (χ1) is 9.18. The van der Waals surface area contributed by atoms with Crippen LogP contribution < -0.4 is 21.7 Å². The number of carbonyl (C=O) groups is 1. The number of hydrogen-bond donors (Lipinski definition) is 5. The number of nitrogens with one attached hydrogen (secondary N) is 3. The predicted molar refractivity (Wildman–Crippen MR) is 78.1 cm³/mol. The van der Waals surface area contributed by atoms with E-state index in [0.717, 1.165) is 51.9 Å². The standard InChI is InChI=1S/C6H13N3O.C5H11NO.C2H6/c7-6(10)9-5-1-3-8-4-2-5;7-5-1-3-6-4-2-5;1-2/h5,8H,1-4H2,(H3,7,9,10);5-7H,1-4H2;1-2H3. The number of aliphatic hydroxyl groups is 1. The van der Waals surface area contributed by atoms with E-state index in [1.54, 1.807) is 0 Å². The Hall–Kier alpha value is -0.850. The highest BCUT2D eigenvalue weighted by molar-refractivity contribution is 5.71. The van der Waals surface area contributed by atoms with Gasteiger partial charge in [-0.15, -0.1) is 0 Å². The summed E-state index contributed by atoms with van der Waals surface area (Å²) in [5.74, 6) is 0. The van der Waals surface area contributed by atoms with Crippen LogP contribution in [-0.2, 0) is 0 Å². The zero-order valence-corrected chi connectivity index (χ0v) is 12.2. The zero-order valence-electron chi connectivity index (χ0n) is 12.2. The number of amides is 2. The molecule has 19 heavy (non-hydrogen) atoms. The van der Waals surface area contributed by atoms with Crippen LogP contribution in [0.3, 0.4) is 0 Å². The topological polar surface area (TPSA) is 99.4 Å². The highest BCUT2D eigenvalue weighted by Crippen LogP contribution is 2.00. The molecular weight excluding hydrogens is 244 g/mol. The van der Waals surface area contributed by atoms with E-state index in [2.05, 4.69) is 16.0 Å². The van der Waals surface area contributed by atoms with Crippen molar-refractivity contribution in [1.29, 1.82) is 0 Å². The molecule has 0 aromatic carbocycles.